The molecular weight excluding hydrogens is 208 g/mol. The van der Waals surface area contributed by atoms with Gasteiger partial charge in [0.05, 0.1) is 0 Å². The molecule has 0 fully saturated rings. The van der Waals surface area contributed by atoms with E-state index in [-0.39, 0.29) is 11.5 Å². The van der Waals surface area contributed by atoms with Crippen molar-refractivity contribution in [2.24, 2.45) is 5.41 Å². The van der Waals surface area contributed by atoms with Gasteiger partial charge in [-0.05, 0) is 13.8 Å². The molecule has 1 atom stereocenters. The highest BCUT2D eigenvalue weighted by Crippen LogP contribution is 2.27. The third-order valence-corrected chi connectivity index (χ3v) is 2.19. The summed E-state index contributed by atoms with van der Waals surface area (Å²) >= 11 is 3.74. The second-order valence-electron chi connectivity index (χ2n) is 4.20. The number of thiol groups is 1. The van der Waals surface area contributed by atoms with Gasteiger partial charge in [0.15, 0.2) is 5.12 Å². The molecule has 0 saturated heterocycles. The summed E-state index contributed by atoms with van der Waals surface area (Å²) in [6, 6.07) is 0. The summed E-state index contributed by atoms with van der Waals surface area (Å²) < 4.78 is 0. The minimum Gasteiger partial charge on any atom is -0.303 e. The average molecular weight is 226 g/mol. The first kappa shape index (κ1) is 14.2. The molecule has 0 N–H and O–H groups in total. The summed E-state index contributed by atoms with van der Waals surface area (Å²) in [7, 11) is 0. The summed E-state index contributed by atoms with van der Waals surface area (Å²) in [5.74, 6) is 0. The zero-order valence-corrected chi connectivity index (χ0v) is 10.4. The molecule has 0 aromatic rings. The van der Waals surface area contributed by atoms with Gasteiger partial charge in [0.2, 0.25) is 0 Å². The Bertz CT molecular complexity index is 288. The maximum Gasteiger partial charge on any atom is 0.186 e. The van der Waals surface area contributed by atoms with Crippen molar-refractivity contribution in [3.63, 3.8) is 0 Å². The number of hydrogen-bond donors (Lipinski definition) is 1. The summed E-state index contributed by atoms with van der Waals surface area (Å²) in [5, 5.41) is -0.193. The van der Waals surface area contributed by atoms with Crippen LogP contribution in [0.15, 0.2) is 23.8 Å². The molecule has 0 heterocycles. The first-order chi connectivity index (χ1) is 6.89. The van der Waals surface area contributed by atoms with Crippen molar-refractivity contribution in [2.75, 3.05) is 0 Å². The van der Waals surface area contributed by atoms with Gasteiger partial charge in [-0.1, -0.05) is 30.7 Å². The lowest BCUT2D eigenvalue weighted by Gasteiger charge is -2.21. The normalized spacial score (nSPS) is 14.7. The molecule has 0 rings (SSSR count). The van der Waals surface area contributed by atoms with E-state index in [1.54, 1.807) is 0 Å². The third kappa shape index (κ3) is 7.14. The summed E-state index contributed by atoms with van der Waals surface area (Å²) in [6.07, 6.45) is 7.18. The summed E-state index contributed by atoms with van der Waals surface area (Å²) in [6.45, 7) is 5.86. The molecule has 0 saturated carbocycles. The lowest BCUT2D eigenvalue weighted by atomic mass is 9.84. The van der Waals surface area contributed by atoms with E-state index in [1.165, 1.54) is 5.57 Å². The first-order valence-electron chi connectivity index (χ1n) is 4.88. The highest BCUT2D eigenvalue weighted by Gasteiger charge is 2.22. The van der Waals surface area contributed by atoms with Crippen LogP contribution >= 0.6 is 12.6 Å². The number of allylic oxidation sites excluding steroid dienone is 4. The van der Waals surface area contributed by atoms with Crippen LogP contribution in [0.1, 0.15) is 33.6 Å². The molecule has 84 valence electrons. The molecule has 3 heteroatoms. The van der Waals surface area contributed by atoms with E-state index < -0.39 is 5.41 Å². The Balaban J connectivity index is 4.63. The number of aldehydes is 1. The predicted octanol–water partition coefficient (Wildman–Crippen LogP) is 2.95. The molecule has 0 aliphatic rings. The SMILES string of the molecule is CC(C)=C/C=C/[C@@](C)(CC=O)CC(=O)S. The molecular formula is C12H18O2S. The monoisotopic (exact) mass is 226 g/mol. The number of rotatable bonds is 6. The standard InChI is InChI=1S/C12H18O2S/c1-10(2)5-4-6-12(3,7-8-13)9-11(14)15/h4-6,8H,7,9H2,1-3H3,(H,14,15)/b6-4+/t12-/m0/s1. The maximum atomic E-state index is 10.9. The van der Waals surface area contributed by atoms with Crippen molar-refractivity contribution in [3.8, 4) is 0 Å². The van der Waals surface area contributed by atoms with Gasteiger partial charge in [0.25, 0.3) is 0 Å². The highest BCUT2D eigenvalue weighted by molar-refractivity contribution is 7.96. The fourth-order valence-corrected chi connectivity index (χ4v) is 1.57. The van der Waals surface area contributed by atoms with Gasteiger partial charge >= 0.3 is 0 Å². The Morgan fingerprint density at radius 1 is 1.40 bits per heavy atom. The van der Waals surface area contributed by atoms with Crippen molar-refractivity contribution in [1.29, 1.82) is 0 Å². The molecule has 0 unspecified atom stereocenters. The molecule has 2 nitrogen and oxygen atoms in total. The molecule has 0 amide bonds. The Morgan fingerprint density at radius 3 is 2.40 bits per heavy atom. The number of carbonyl (C=O) groups is 2. The average Bonchev–Trinajstić information content (AvgIpc) is 2.01. The molecule has 0 spiro atoms. The molecule has 0 aromatic heterocycles. The van der Waals surface area contributed by atoms with Gasteiger partial charge in [0.1, 0.15) is 6.29 Å². The lowest BCUT2D eigenvalue weighted by Crippen LogP contribution is -2.16. The Labute approximate surface area is 96.9 Å². The number of carbonyl (C=O) groups excluding carboxylic acids is 2. The van der Waals surface area contributed by atoms with Crippen LogP contribution in [-0.4, -0.2) is 11.4 Å². The minimum atomic E-state index is -0.410. The smallest absolute Gasteiger partial charge is 0.186 e. The third-order valence-electron chi connectivity index (χ3n) is 2.03. The summed E-state index contributed by atoms with van der Waals surface area (Å²) in [4.78, 5) is 21.4. The highest BCUT2D eigenvalue weighted by atomic mass is 32.1. The van der Waals surface area contributed by atoms with Crippen LogP contribution in [0.3, 0.4) is 0 Å². The largest absolute Gasteiger partial charge is 0.303 e. The van der Waals surface area contributed by atoms with Gasteiger partial charge in [-0.25, -0.2) is 0 Å². The Hall–Kier alpha value is -0.830. The zero-order valence-electron chi connectivity index (χ0n) is 9.49. The minimum absolute atomic E-state index is 0.193. The Morgan fingerprint density at radius 2 is 2.00 bits per heavy atom. The van der Waals surface area contributed by atoms with Crippen molar-refractivity contribution in [1.82, 2.24) is 0 Å². The first-order valence-corrected chi connectivity index (χ1v) is 5.32. The molecule has 15 heavy (non-hydrogen) atoms. The van der Waals surface area contributed by atoms with Crippen molar-refractivity contribution in [2.45, 2.75) is 33.6 Å². The van der Waals surface area contributed by atoms with Crippen LogP contribution in [0.25, 0.3) is 0 Å². The van der Waals surface area contributed by atoms with E-state index in [4.69, 9.17) is 0 Å². The van der Waals surface area contributed by atoms with Crippen LogP contribution in [0, 0.1) is 5.41 Å². The lowest BCUT2D eigenvalue weighted by molar-refractivity contribution is -0.113. The van der Waals surface area contributed by atoms with Gasteiger partial charge in [0, 0.05) is 18.3 Å². The van der Waals surface area contributed by atoms with Crippen LogP contribution in [0.5, 0.6) is 0 Å². The van der Waals surface area contributed by atoms with Gasteiger partial charge < -0.3 is 4.79 Å². The summed E-state index contributed by atoms with van der Waals surface area (Å²) in [5.41, 5.74) is 0.768. The zero-order chi connectivity index (χ0) is 11.9. The van der Waals surface area contributed by atoms with E-state index in [0.29, 0.717) is 6.42 Å². The van der Waals surface area contributed by atoms with Crippen LogP contribution in [0.2, 0.25) is 0 Å². The topological polar surface area (TPSA) is 34.1 Å². The second-order valence-corrected chi connectivity index (χ2v) is 4.70. The molecule has 0 aliphatic heterocycles. The Kier molecular flexibility index (Phi) is 6.25. The maximum absolute atomic E-state index is 10.9. The van der Waals surface area contributed by atoms with E-state index in [2.05, 4.69) is 12.6 Å². The van der Waals surface area contributed by atoms with Crippen molar-refractivity contribution < 1.29 is 9.59 Å². The van der Waals surface area contributed by atoms with Crippen molar-refractivity contribution in [3.05, 3.63) is 23.8 Å². The van der Waals surface area contributed by atoms with Crippen LogP contribution in [-0.2, 0) is 9.59 Å². The predicted molar refractivity (Wildman–Crippen MR) is 66.0 cm³/mol. The van der Waals surface area contributed by atoms with Crippen LogP contribution < -0.4 is 0 Å². The van der Waals surface area contributed by atoms with Gasteiger partial charge in [-0.2, -0.15) is 0 Å². The second kappa shape index (κ2) is 6.62. The van der Waals surface area contributed by atoms with E-state index in [1.807, 2.05) is 39.0 Å². The number of hydrogen-bond acceptors (Lipinski definition) is 2. The van der Waals surface area contributed by atoms with Crippen molar-refractivity contribution >= 4 is 24.0 Å². The fraction of sp³-hybridized carbons (Fsp3) is 0.500. The molecule has 0 aromatic carbocycles. The van der Waals surface area contributed by atoms with Gasteiger partial charge in [-0.3, -0.25) is 4.79 Å². The molecule has 0 aliphatic carbocycles. The fourth-order valence-electron chi connectivity index (χ4n) is 1.21. The van der Waals surface area contributed by atoms with Gasteiger partial charge in [-0.15, -0.1) is 12.6 Å². The van der Waals surface area contributed by atoms with E-state index in [0.717, 1.165) is 6.29 Å². The van der Waals surface area contributed by atoms with Crippen LogP contribution in [0.4, 0.5) is 0 Å². The molecule has 0 bridgehead atoms. The quantitative estimate of drug-likeness (QED) is 0.429. The van der Waals surface area contributed by atoms with E-state index >= 15 is 0 Å². The molecule has 0 radical (unpaired) electrons. The van der Waals surface area contributed by atoms with E-state index in [9.17, 15) is 9.59 Å².